The number of rotatable bonds is 5. The topological polar surface area (TPSA) is 77.2 Å². The monoisotopic (exact) mass is 275 g/mol. The molecule has 0 atom stereocenters. The Kier molecular flexibility index (Phi) is 4.14. The van der Waals surface area contributed by atoms with Crippen LogP contribution < -0.4 is 0 Å². The van der Waals surface area contributed by atoms with Gasteiger partial charge in [0.05, 0.1) is 12.3 Å². The molecule has 0 radical (unpaired) electrons. The SMILES string of the molecule is COCc1cccc(-n2nc(C(=O)O)nc2C(C)C)c1. The molecule has 1 heterocycles. The maximum Gasteiger partial charge on any atom is 0.375 e. The van der Waals surface area contributed by atoms with Crippen molar-refractivity contribution in [2.24, 2.45) is 0 Å². The van der Waals surface area contributed by atoms with Crippen LogP contribution in [0.2, 0.25) is 0 Å². The van der Waals surface area contributed by atoms with E-state index in [0.717, 1.165) is 11.3 Å². The van der Waals surface area contributed by atoms with Gasteiger partial charge in [-0.3, -0.25) is 0 Å². The van der Waals surface area contributed by atoms with Gasteiger partial charge >= 0.3 is 5.97 Å². The zero-order chi connectivity index (χ0) is 14.7. The highest BCUT2D eigenvalue weighted by atomic mass is 16.5. The molecule has 2 aromatic rings. The Bertz CT molecular complexity index is 620. The van der Waals surface area contributed by atoms with Gasteiger partial charge in [-0.1, -0.05) is 26.0 Å². The molecule has 0 saturated heterocycles. The zero-order valence-electron chi connectivity index (χ0n) is 11.7. The molecule has 0 fully saturated rings. The lowest BCUT2D eigenvalue weighted by Crippen LogP contribution is -2.05. The molecular weight excluding hydrogens is 258 g/mol. The van der Waals surface area contributed by atoms with E-state index in [1.807, 2.05) is 38.1 Å². The van der Waals surface area contributed by atoms with Crippen LogP contribution in [0, 0.1) is 0 Å². The van der Waals surface area contributed by atoms with Crippen molar-refractivity contribution in [1.82, 2.24) is 14.8 Å². The van der Waals surface area contributed by atoms with Gasteiger partial charge in [-0.05, 0) is 17.7 Å². The first-order valence-corrected chi connectivity index (χ1v) is 6.31. The number of ether oxygens (including phenoxy) is 1. The lowest BCUT2D eigenvalue weighted by molar-refractivity contribution is 0.0683. The number of aromatic nitrogens is 3. The number of carboxylic acids is 1. The van der Waals surface area contributed by atoms with Crippen molar-refractivity contribution in [3.8, 4) is 5.69 Å². The third-order valence-electron chi connectivity index (χ3n) is 2.81. The van der Waals surface area contributed by atoms with Gasteiger partial charge in [0.2, 0.25) is 0 Å². The fourth-order valence-electron chi connectivity index (χ4n) is 1.92. The predicted octanol–water partition coefficient (Wildman–Crippen LogP) is 2.24. The summed E-state index contributed by atoms with van der Waals surface area (Å²) in [6.07, 6.45) is 0. The molecule has 0 bridgehead atoms. The summed E-state index contributed by atoms with van der Waals surface area (Å²) in [6, 6.07) is 7.61. The highest BCUT2D eigenvalue weighted by Crippen LogP contribution is 2.18. The average Bonchev–Trinajstić information content (AvgIpc) is 2.85. The van der Waals surface area contributed by atoms with Crippen LogP contribution in [0.15, 0.2) is 24.3 Å². The Morgan fingerprint density at radius 1 is 1.45 bits per heavy atom. The number of hydrogen-bond acceptors (Lipinski definition) is 4. The van der Waals surface area contributed by atoms with Gasteiger partial charge in [-0.25, -0.2) is 14.5 Å². The van der Waals surface area contributed by atoms with Crippen molar-refractivity contribution in [3.05, 3.63) is 41.5 Å². The molecule has 0 aliphatic heterocycles. The molecule has 0 spiro atoms. The van der Waals surface area contributed by atoms with Gasteiger partial charge in [-0.15, -0.1) is 5.10 Å². The minimum absolute atomic E-state index is 0.0710. The lowest BCUT2D eigenvalue weighted by Gasteiger charge is -2.09. The Balaban J connectivity index is 2.50. The number of aromatic carboxylic acids is 1. The molecule has 0 saturated carbocycles. The molecule has 6 nitrogen and oxygen atoms in total. The molecule has 0 amide bonds. The van der Waals surface area contributed by atoms with E-state index in [1.165, 1.54) is 0 Å². The standard InChI is InChI=1S/C14H17N3O3/c1-9(2)13-15-12(14(18)19)16-17(13)11-6-4-5-10(7-11)8-20-3/h4-7,9H,8H2,1-3H3,(H,18,19). The number of carboxylic acid groups (broad SMARTS) is 1. The minimum Gasteiger partial charge on any atom is -0.475 e. The van der Waals surface area contributed by atoms with E-state index in [4.69, 9.17) is 9.84 Å². The summed E-state index contributed by atoms with van der Waals surface area (Å²) in [7, 11) is 1.63. The first-order valence-electron chi connectivity index (χ1n) is 6.31. The molecule has 1 aromatic heterocycles. The van der Waals surface area contributed by atoms with Crippen LogP contribution in [0.5, 0.6) is 0 Å². The van der Waals surface area contributed by atoms with Gasteiger partial charge in [0.1, 0.15) is 5.82 Å². The van der Waals surface area contributed by atoms with Crippen LogP contribution in [-0.2, 0) is 11.3 Å². The molecule has 2 rings (SSSR count). The average molecular weight is 275 g/mol. The lowest BCUT2D eigenvalue weighted by atomic mass is 10.2. The van der Waals surface area contributed by atoms with Crippen LogP contribution in [0.1, 0.15) is 41.8 Å². The van der Waals surface area contributed by atoms with Crippen molar-refractivity contribution >= 4 is 5.97 Å². The summed E-state index contributed by atoms with van der Waals surface area (Å²) in [6.45, 7) is 4.39. The van der Waals surface area contributed by atoms with E-state index in [0.29, 0.717) is 12.4 Å². The molecule has 0 aliphatic rings. The first-order chi connectivity index (χ1) is 9.52. The van der Waals surface area contributed by atoms with Crippen LogP contribution in [0.4, 0.5) is 0 Å². The maximum atomic E-state index is 11.0. The third-order valence-corrected chi connectivity index (χ3v) is 2.81. The molecule has 1 N–H and O–H groups in total. The van der Waals surface area contributed by atoms with Gasteiger partial charge in [0, 0.05) is 13.0 Å². The van der Waals surface area contributed by atoms with Crippen LogP contribution in [0.3, 0.4) is 0 Å². The van der Waals surface area contributed by atoms with Crippen molar-refractivity contribution in [1.29, 1.82) is 0 Å². The van der Waals surface area contributed by atoms with Gasteiger partial charge in [-0.2, -0.15) is 0 Å². The number of methoxy groups -OCH3 is 1. The predicted molar refractivity (Wildman–Crippen MR) is 73.1 cm³/mol. The number of carbonyl (C=O) groups is 1. The van der Waals surface area contributed by atoms with Crippen LogP contribution in [0.25, 0.3) is 5.69 Å². The summed E-state index contributed by atoms with van der Waals surface area (Å²) < 4.78 is 6.68. The summed E-state index contributed by atoms with van der Waals surface area (Å²) in [5.74, 6) is -0.622. The molecule has 1 aromatic carbocycles. The minimum atomic E-state index is -1.13. The normalized spacial score (nSPS) is 11.0. The first kappa shape index (κ1) is 14.2. The largest absolute Gasteiger partial charge is 0.475 e. The Labute approximate surface area is 117 Å². The van der Waals surface area contributed by atoms with E-state index in [9.17, 15) is 4.79 Å². The third kappa shape index (κ3) is 2.85. The quantitative estimate of drug-likeness (QED) is 0.905. The second kappa shape index (κ2) is 5.83. The summed E-state index contributed by atoms with van der Waals surface area (Å²) in [4.78, 5) is 15.1. The molecule has 0 unspecified atom stereocenters. The zero-order valence-corrected chi connectivity index (χ0v) is 11.7. The Hall–Kier alpha value is -2.21. The van der Waals surface area contributed by atoms with E-state index in [1.54, 1.807) is 11.8 Å². The van der Waals surface area contributed by atoms with Crippen molar-refractivity contribution in [2.75, 3.05) is 7.11 Å². The number of benzene rings is 1. The van der Waals surface area contributed by atoms with Crippen molar-refractivity contribution < 1.29 is 14.6 Å². The Morgan fingerprint density at radius 2 is 2.20 bits per heavy atom. The van der Waals surface area contributed by atoms with E-state index >= 15 is 0 Å². The molecule has 20 heavy (non-hydrogen) atoms. The van der Waals surface area contributed by atoms with Gasteiger partial charge in [0.15, 0.2) is 0 Å². The van der Waals surface area contributed by atoms with E-state index in [2.05, 4.69) is 10.1 Å². The molecule has 6 heteroatoms. The van der Waals surface area contributed by atoms with Gasteiger partial charge in [0.25, 0.3) is 5.82 Å². The Morgan fingerprint density at radius 3 is 2.80 bits per heavy atom. The second-order valence-electron chi connectivity index (χ2n) is 4.77. The number of nitrogens with zero attached hydrogens (tertiary/aromatic N) is 3. The molecule has 106 valence electrons. The summed E-state index contributed by atoms with van der Waals surface area (Å²) in [5.41, 5.74) is 1.77. The maximum absolute atomic E-state index is 11.0. The summed E-state index contributed by atoms with van der Waals surface area (Å²) in [5, 5.41) is 13.1. The highest BCUT2D eigenvalue weighted by molar-refractivity contribution is 5.83. The molecule has 0 aliphatic carbocycles. The summed E-state index contributed by atoms with van der Waals surface area (Å²) >= 11 is 0. The second-order valence-corrected chi connectivity index (χ2v) is 4.77. The number of hydrogen-bond donors (Lipinski definition) is 1. The molecular formula is C14H17N3O3. The van der Waals surface area contributed by atoms with Crippen molar-refractivity contribution in [2.45, 2.75) is 26.4 Å². The van der Waals surface area contributed by atoms with E-state index in [-0.39, 0.29) is 11.7 Å². The van der Waals surface area contributed by atoms with Crippen molar-refractivity contribution in [3.63, 3.8) is 0 Å². The fourth-order valence-corrected chi connectivity index (χ4v) is 1.92. The van der Waals surface area contributed by atoms with Crippen LogP contribution >= 0.6 is 0 Å². The fraction of sp³-hybridized carbons (Fsp3) is 0.357. The van der Waals surface area contributed by atoms with E-state index < -0.39 is 5.97 Å². The van der Waals surface area contributed by atoms with Crippen LogP contribution in [-0.4, -0.2) is 33.0 Å². The highest BCUT2D eigenvalue weighted by Gasteiger charge is 2.18. The smallest absolute Gasteiger partial charge is 0.375 e. The van der Waals surface area contributed by atoms with Gasteiger partial charge < -0.3 is 9.84 Å².